The van der Waals surface area contributed by atoms with Crippen LogP contribution in [0.15, 0.2) is 158 Å². The van der Waals surface area contributed by atoms with Crippen LogP contribution in [0.2, 0.25) is 0 Å². The van der Waals surface area contributed by atoms with Gasteiger partial charge in [0.1, 0.15) is 24.4 Å². The molecule has 0 saturated carbocycles. The highest BCUT2D eigenvalue weighted by Crippen LogP contribution is 2.23. The first-order chi connectivity index (χ1) is 40.3. The van der Waals surface area contributed by atoms with Gasteiger partial charge in [-0.1, -0.05) is 281 Å². The summed E-state index contributed by atoms with van der Waals surface area (Å²) < 4.78 is 11.3. The van der Waals surface area contributed by atoms with Crippen LogP contribution in [-0.2, 0) is 14.3 Å². The van der Waals surface area contributed by atoms with Gasteiger partial charge in [-0.25, -0.2) is 0 Å². The Labute approximate surface area is 501 Å². The Kier molecular flexibility index (Phi) is 55.4. The lowest BCUT2D eigenvalue weighted by Gasteiger charge is -2.40. The summed E-state index contributed by atoms with van der Waals surface area (Å²) in [5, 5.41) is 54.6. The van der Waals surface area contributed by atoms with Crippen LogP contribution in [0.25, 0.3) is 0 Å². The van der Waals surface area contributed by atoms with Gasteiger partial charge in [0, 0.05) is 6.42 Å². The summed E-state index contributed by atoms with van der Waals surface area (Å²) in [5.74, 6) is -0.224. The molecule has 9 heteroatoms. The van der Waals surface area contributed by atoms with Crippen LogP contribution in [0.3, 0.4) is 0 Å². The van der Waals surface area contributed by atoms with E-state index in [1.165, 1.54) is 103 Å². The Bertz CT molecular complexity index is 1850. The molecule has 0 radical (unpaired) electrons. The molecule has 1 amide bonds. The molecule has 0 spiro atoms. The SMILES string of the molecule is CC/C=C\C/C=C\C/C=C\C/C=C\C/C=C\C/C=C\C/C=C\C/C=C\C/C=C\C/C=C\C/C=C\C/C=C\CCCCC(=O)NC(COC1OC(CO)C(O)C(O)C1O)C(O)/C=C/CCCCCCCCCCCCCCCCCCCC. The lowest BCUT2D eigenvalue weighted by molar-refractivity contribution is -0.302. The third-order valence-electron chi connectivity index (χ3n) is 14.4. The summed E-state index contributed by atoms with van der Waals surface area (Å²) in [7, 11) is 0. The second kappa shape index (κ2) is 60.0. The maximum Gasteiger partial charge on any atom is 0.220 e. The van der Waals surface area contributed by atoms with E-state index in [4.69, 9.17) is 9.47 Å². The number of ether oxygens (including phenoxy) is 2. The molecular weight excluding hydrogens is 1020 g/mol. The summed E-state index contributed by atoms with van der Waals surface area (Å²) in [6.07, 6.45) is 87.5. The highest BCUT2D eigenvalue weighted by molar-refractivity contribution is 5.76. The fourth-order valence-corrected chi connectivity index (χ4v) is 9.26. The first kappa shape index (κ1) is 75.8. The predicted molar refractivity (Wildman–Crippen MR) is 349 cm³/mol. The zero-order valence-electron chi connectivity index (χ0n) is 51.7. The van der Waals surface area contributed by atoms with E-state index in [1.54, 1.807) is 6.08 Å². The minimum Gasteiger partial charge on any atom is -0.394 e. The number of hydrogen-bond donors (Lipinski definition) is 6. The molecule has 0 bridgehead atoms. The highest BCUT2D eigenvalue weighted by Gasteiger charge is 2.44. The van der Waals surface area contributed by atoms with Crippen molar-refractivity contribution in [2.24, 2.45) is 0 Å². The van der Waals surface area contributed by atoms with Gasteiger partial charge in [0.25, 0.3) is 0 Å². The van der Waals surface area contributed by atoms with E-state index >= 15 is 0 Å². The third kappa shape index (κ3) is 48.2. The zero-order chi connectivity index (χ0) is 59.3. The van der Waals surface area contributed by atoms with Crippen molar-refractivity contribution in [2.75, 3.05) is 13.2 Å². The van der Waals surface area contributed by atoms with E-state index in [0.717, 1.165) is 109 Å². The van der Waals surface area contributed by atoms with Crippen LogP contribution in [0.4, 0.5) is 0 Å². The fourth-order valence-electron chi connectivity index (χ4n) is 9.26. The number of carbonyl (C=O) groups is 1. The molecular formula is C73H119NO8. The first-order valence-electron chi connectivity index (χ1n) is 32.7. The van der Waals surface area contributed by atoms with Gasteiger partial charge in [0.15, 0.2) is 6.29 Å². The molecule has 9 nitrogen and oxygen atoms in total. The van der Waals surface area contributed by atoms with E-state index in [2.05, 4.69) is 165 Å². The number of amides is 1. The lowest BCUT2D eigenvalue weighted by atomic mass is 9.99. The second-order valence-corrected chi connectivity index (χ2v) is 21.8. The Morgan fingerprint density at radius 1 is 0.427 bits per heavy atom. The van der Waals surface area contributed by atoms with Crippen molar-refractivity contribution in [3.8, 4) is 0 Å². The number of carbonyl (C=O) groups excluding carboxylic acids is 1. The minimum atomic E-state index is -1.59. The molecule has 1 aliphatic heterocycles. The minimum absolute atomic E-state index is 0.215. The summed E-state index contributed by atoms with van der Waals surface area (Å²) in [6.45, 7) is 3.64. The van der Waals surface area contributed by atoms with Crippen molar-refractivity contribution >= 4 is 5.91 Å². The van der Waals surface area contributed by atoms with Crippen LogP contribution in [0, 0.1) is 0 Å². The van der Waals surface area contributed by atoms with Crippen molar-refractivity contribution in [1.29, 1.82) is 0 Å². The van der Waals surface area contributed by atoms with Gasteiger partial charge < -0.3 is 40.3 Å². The monoisotopic (exact) mass is 1140 g/mol. The van der Waals surface area contributed by atoms with E-state index in [-0.39, 0.29) is 18.9 Å². The van der Waals surface area contributed by atoms with E-state index in [1.807, 2.05) is 6.08 Å². The van der Waals surface area contributed by atoms with Crippen LogP contribution in [-0.4, -0.2) is 87.5 Å². The second-order valence-electron chi connectivity index (χ2n) is 21.8. The average molecular weight is 1140 g/mol. The lowest BCUT2D eigenvalue weighted by Crippen LogP contribution is -2.60. The number of nitrogens with one attached hydrogen (secondary N) is 1. The number of allylic oxidation sites excluding steroid dienone is 25. The van der Waals surface area contributed by atoms with Gasteiger partial charge >= 0.3 is 0 Å². The van der Waals surface area contributed by atoms with Crippen LogP contribution < -0.4 is 5.32 Å². The Balaban J connectivity index is 2.23. The van der Waals surface area contributed by atoms with Crippen LogP contribution in [0.1, 0.15) is 239 Å². The maximum absolute atomic E-state index is 13.1. The number of aliphatic hydroxyl groups is 5. The van der Waals surface area contributed by atoms with Gasteiger partial charge in [0.2, 0.25) is 5.91 Å². The molecule has 7 unspecified atom stereocenters. The molecule has 0 aliphatic carbocycles. The Hall–Kier alpha value is -4.19. The zero-order valence-corrected chi connectivity index (χ0v) is 51.7. The summed E-state index contributed by atoms with van der Waals surface area (Å²) >= 11 is 0. The van der Waals surface area contributed by atoms with Crippen LogP contribution in [0.5, 0.6) is 0 Å². The smallest absolute Gasteiger partial charge is 0.220 e. The van der Waals surface area contributed by atoms with Gasteiger partial charge in [-0.15, -0.1) is 0 Å². The largest absolute Gasteiger partial charge is 0.394 e. The molecule has 464 valence electrons. The van der Waals surface area contributed by atoms with Crippen molar-refractivity contribution in [3.63, 3.8) is 0 Å². The maximum atomic E-state index is 13.1. The van der Waals surface area contributed by atoms with E-state index < -0.39 is 49.5 Å². The average Bonchev–Trinajstić information content (AvgIpc) is 3.52. The number of aliphatic hydroxyl groups excluding tert-OH is 5. The predicted octanol–water partition coefficient (Wildman–Crippen LogP) is 17.6. The number of hydrogen-bond acceptors (Lipinski definition) is 8. The Morgan fingerprint density at radius 3 is 1.12 bits per heavy atom. The normalized spacial score (nSPS) is 19.4. The first-order valence-corrected chi connectivity index (χ1v) is 32.7. The van der Waals surface area contributed by atoms with Crippen molar-refractivity contribution in [1.82, 2.24) is 5.32 Å². The van der Waals surface area contributed by atoms with E-state index in [0.29, 0.717) is 6.42 Å². The summed E-state index contributed by atoms with van der Waals surface area (Å²) in [6, 6.07) is -0.841. The molecule has 1 rings (SSSR count). The molecule has 7 atom stereocenters. The molecule has 6 N–H and O–H groups in total. The third-order valence-corrected chi connectivity index (χ3v) is 14.4. The van der Waals surface area contributed by atoms with Gasteiger partial charge in [0.05, 0.1) is 25.4 Å². The molecule has 82 heavy (non-hydrogen) atoms. The van der Waals surface area contributed by atoms with Crippen molar-refractivity contribution in [2.45, 2.75) is 281 Å². The Morgan fingerprint density at radius 2 is 0.756 bits per heavy atom. The highest BCUT2D eigenvalue weighted by atomic mass is 16.7. The standard InChI is InChI=1S/C73H119NO8/c1-3-5-7-9-11-13-15-17-19-21-23-25-26-27-28-29-30-31-32-33-34-35-36-37-38-39-40-41-42-43-45-47-49-51-53-55-57-59-61-63-69(77)74-66(65-81-73-72(80)71(79)70(78)68(64-75)82-73)67(76)62-60-58-56-54-52-50-48-46-44-24-22-20-18-16-14-12-10-8-6-4-2/h5,7,11,13,17,19,23,25,27-28,30-31,33-34,36-37,39-40,42-43,47,49,53,55,60,62,66-68,70-73,75-76,78-80H,3-4,6,8-10,12,14-16,18,20-22,24,26,29,32,35,38,41,44-46,48,50-52,54,56-59,61,63-65H2,1-2H3,(H,74,77)/b7-5-,13-11-,19-17-,25-23-,28-27-,31-30-,34-33-,37-36-,40-39-,43-42-,49-47-,55-53-,62-60+. The topological polar surface area (TPSA) is 149 Å². The van der Waals surface area contributed by atoms with Crippen LogP contribution >= 0.6 is 0 Å². The van der Waals surface area contributed by atoms with Gasteiger partial charge in [-0.05, 0) is 109 Å². The molecule has 0 aromatic rings. The van der Waals surface area contributed by atoms with Gasteiger partial charge in [-0.3, -0.25) is 4.79 Å². The molecule has 1 fully saturated rings. The van der Waals surface area contributed by atoms with E-state index in [9.17, 15) is 30.3 Å². The molecule has 1 heterocycles. The molecule has 0 aromatic heterocycles. The molecule has 0 aromatic carbocycles. The molecule has 1 saturated heterocycles. The summed E-state index contributed by atoms with van der Waals surface area (Å²) in [5.41, 5.74) is 0. The molecule has 1 aliphatic rings. The fraction of sp³-hybridized carbons (Fsp3) is 0.630. The number of unbranched alkanes of at least 4 members (excludes halogenated alkanes) is 20. The van der Waals surface area contributed by atoms with Crippen molar-refractivity contribution < 1.29 is 39.8 Å². The van der Waals surface area contributed by atoms with Crippen molar-refractivity contribution in [3.05, 3.63) is 158 Å². The number of rotatable bonds is 54. The van der Waals surface area contributed by atoms with Gasteiger partial charge in [-0.2, -0.15) is 0 Å². The summed E-state index contributed by atoms with van der Waals surface area (Å²) in [4.78, 5) is 13.1. The quantitative estimate of drug-likeness (QED) is 0.0261.